The summed E-state index contributed by atoms with van der Waals surface area (Å²) in [6.07, 6.45) is 3.18. The molecule has 1 unspecified atom stereocenters. The molecule has 1 saturated heterocycles. The van der Waals surface area contributed by atoms with Gasteiger partial charge in [0.2, 0.25) is 5.91 Å². The zero-order valence-corrected chi connectivity index (χ0v) is 11.5. The highest BCUT2D eigenvalue weighted by Crippen LogP contribution is 2.21. The second-order valence-corrected chi connectivity index (χ2v) is 5.39. The first-order valence-corrected chi connectivity index (χ1v) is 6.57. The van der Waals surface area contributed by atoms with E-state index in [0.29, 0.717) is 6.54 Å². The lowest BCUT2D eigenvalue weighted by Crippen LogP contribution is -2.57. The monoisotopic (exact) mass is 250 g/mol. The van der Waals surface area contributed by atoms with Crippen molar-refractivity contribution in [2.45, 2.75) is 45.2 Å². The molecule has 0 saturated carbocycles. The van der Waals surface area contributed by atoms with E-state index in [0.717, 1.165) is 37.3 Å². The number of hydrogen-bond donors (Lipinski definition) is 1. The van der Waals surface area contributed by atoms with Gasteiger partial charge in [0.15, 0.2) is 0 Å². The molecular weight excluding hydrogens is 228 g/mol. The normalized spacial score (nSPS) is 23.9. The number of furan rings is 1. The van der Waals surface area contributed by atoms with E-state index in [4.69, 9.17) is 4.42 Å². The molecular formula is C14H22N2O2. The molecule has 100 valence electrons. The molecule has 1 atom stereocenters. The molecule has 1 aliphatic heterocycles. The average molecular weight is 250 g/mol. The van der Waals surface area contributed by atoms with Crippen LogP contribution in [-0.4, -0.2) is 29.9 Å². The lowest BCUT2D eigenvalue weighted by Gasteiger charge is -2.36. The van der Waals surface area contributed by atoms with Gasteiger partial charge in [0.05, 0.1) is 12.1 Å². The maximum Gasteiger partial charge on any atom is 0.242 e. The number of amides is 1. The third-order valence-corrected chi connectivity index (χ3v) is 3.63. The number of carbonyl (C=O) groups excluding carboxylic acids is 1. The quantitative estimate of drug-likeness (QED) is 0.893. The van der Waals surface area contributed by atoms with Gasteiger partial charge in [0.1, 0.15) is 11.5 Å². The SMILES string of the molecule is Cc1ccc(CN(C)C(=O)C2(C)CCCCN2)o1. The molecule has 1 aromatic rings. The number of likely N-dealkylation sites (N-methyl/N-ethyl adjacent to an activating group) is 1. The maximum atomic E-state index is 12.5. The summed E-state index contributed by atoms with van der Waals surface area (Å²) >= 11 is 0. The number of rotatable bonds is 3. The maximum absolute atomic E-state index is 12.5. The summed E-state index contributed by atoms with van der Waals surface area (Å²) in [4.78, 5) is 14.2. The van der Waals surface area contributed by atoms with Gasteiger partial charge in [-0.3, -0.25) is 4.79 Å². The molecule has 4 heteroatoms. The number of nitrogens with one attached hydrogen (secondary N) is 1. The molecule has 1 aromatic heterocycles. The molecule has 0 bridgehead atoms. The predicted molar refractivity (Wildman–Crippen MR) is 70.2 cm³/mol. The highest BCUT2D eigenvalue weighted by Gasteiger charge is 2.36. The first-order chi connectivity index (χ1) is 8.51. The number of piperidine rings is 1. The largest absolute Gasteiger partial charge is 0.464 e. The Morgan fingerprint density at radius 2 is 2.28 bits per heavy atom. The highest BCUT2D eigenvalue weighted by atomic mass is 16.3. The molecule has 0 spiro atoms. The predicted octanol–water partition coefficient (Wildman–Crippen LogP) is 2.08. The van der Waals surface area contributed by atoms with Crippen LogP contribution in [0.3, 0.4) is 0 Å². The number of hydrogen-bond acceptors (Lipinski definition) is 3. The van der Waals surface area contributed by atoms with Gasteiger partial charge in [-0.1, -0.05) is 0 Å². The zero-order chi connectivity index (χ0) is 13.2. The van der Waals surface area contributed by atoms with Gasteiger partial charge in [0.25, 0.3) is 0 Å². The van der Waals surface area contributed by atoms with Crippen LogP contribution in [-0.2, 0) is 11.3 Å². The van der Waals surface area contributed by atoms with Crippen molar-refractivity contribution in [1.82, 2.24) is 10.2 Å². The number of aryl methyl sites for hydroxylation is 1. The second-order valence-electron chi connectivity index (χ2n) is 5.39. The molecule has 4 nitrogen and oxygen atoms in total. The van der Waals surface area contributed by atoms with Crippen molar-refractivity contribution in [3.8, 4) is 0 Å². The first-order valence-electron chi connectivity index (χ1n) is 6.57. The summed E-state index contributed by atoms with van der Waals surface area (Å²) in [5.74, 6) is 1.87. The molecule has 1 aliphatic rings. The van der Waals surface area contributed by atoms with E-state index in [2.05, 4.69) is 5.32 Å². The fraction of sp³-hybridized carbons (Fsp3) is 0.643. The van der Waals surface area contributed by atoms with Crippen LogP contribution in [0.5, 0.6) is 0 Å². The molecule has 1 N–H and O–H groups in total. The summed E-state index contributed by atoms with van der Waals surface area (Å²) in [7, 11) is 1.84. The fourth-order valence-corrected chi connectivity index (χ4v) is 2.54. The Labute approximate surface area is 108 Å². The van der Waals surface area contributed by atoms with E-state index in [1.807, 2.05) is 33.0 Å². The van der Waals surface area contributed by atoms with Crippen molar-refractivity contribution in [3.63, 3.8) is 0 Å². The summed E-state index contributed by atoms with van der Waals surface area (Å²) < 4.78 is 5.51. The Kier molecular flexibility index (Phi) is 3.76. The Bertz CT molecular complexity index is 419. The molecule has 1 amide bonds. The minimum Gasteiger partial charge on any atom is -0.464 e. The van der Waals surface area contributed by atoms with Gasteiger partial charge in [0, 0.05) is 7.05 Å². The number of carbonyl (C=O) groups is 1. The fourth-order valence-electron chi connectivity index (χ4n) is 2.54. The van der Waals surface area contributed by atoms with Gasteiger partial charge >= 0.3 is 0 Å². The summed E-state index contributed by atoms with van der Waals surface area (Å²) in [5.41, 5.74) is -0.408. The third kappa shape index (κ3) is 2.75. The molecule has 0 radical (unpaired) electrons. The topological polar surface area (TPSA) is 45.5 Å². The Hall–Kier alpha value is -1.29. The van der Waals surface area contributed by atoms with Crippen LogP contribution < -0.4 is 5.32 Å². The molecule has 2 heterocycles. The third-order valence-electron chi connectivity index (χ3n) is 3.63. The standard InChI is InChI=1S/C14H22N2O2/c1-11-6-7-12(18-11)10-16(3)13(17)14(2)8-4-5-9-15-14/h6-7,15H,4-5,8-10H2,1-3H3. The van der Waals surface area contributed by atoms with Crippen LogP contribution in [0, 0.1) is 6.92 Å². The van der Waals surface area contributed by atoms with Crippen LogP contribution in [0.1, 0.15) is 37.7 Å². The molecule has 2 rings (SSSR count). The molecule has 1 fully saturated rings. The lowest BCUT2D eigenvalue weighted by molar-refractivity contribution is -0.138. The van der Waals surface area contributed by atoms with Gasteiger partial charge in [-0.25, -0.2) is 0 Å². The van der Waals surface area contributed by atoms with E-state index in [1.54, 1.807) is 4.90 Å². The van der Waals surface area contributed by atoms with Crippen LogP contribution in [0.25, 0.3) is 0 Å². The van der Waals surface area contributed by atoms with E-state index in [9.17, 15) is 4.79 Å². The van der Waals surface area contributed by atoms with Gasteiger partial charge in [-0.05, 0) is 51.8 Å². The van der Waals surface area contributed by atoms with Crippen molar-refractivity contribution in [1.29, 1.82) is 0 Å². The van der Waals surface area contributed by atoms with E-state index in [-0.39, 0.29) is 5.91 Å². The first kappa shape index (κ1) is 13.1. The van der Waals surface area contributed by atoms with Gasteiger partial charge < -0.3 is 14.6 Å². The van der Waals surface area contributed by atoms with Crippen molar-refractivity contribution < 1.29 is 9.21 Å². The Morgan fingerprint density at radius 3 is 2.83 bits per heavy atom. The molecule has 0 aliphatic carbocycles. The van der Waals surface area contributed by atoms with Gasteiger partial charge in [-0.15, -0.1) is 0 Å². The Balaban J connectivity index is 1.99. The van der Waals surface area contributed by atoms with Crippen LogP contribution in [0.15, 0.2) is 16.5 Å². The summed E-state index contributed by atoms with van der Waals surface area (Å²) in [6, 6.07) is 3.85. The van der Waals surface area contributed by atoms with Crippen LogP contribution in [0.4, 0.5) is 0 Å². The Morgan fingerprint density at radius 1 is 1.50 bits per heavy atom. The van der Waals surface area contributed by atoms with E-state index < -0.39 is 5.54 Å². The minimum absolute atomic E-state index is 0.149. The van der Waals surface area contributed by atoms with E-state index in [1.165, 1.54) is 0 Å². The minimum atomic E-state index is -0.408. The average Bonchev–Trinajstić information content (AvgIpc) is 2.74. The van der Waals surface area contributed by atoms with Crippen molar-refractivity contribution >= 4 is 5.91 Å². The van der Waals surface area contributed by atoms with Crippen molar-refractivity contribution in [3.05, 3.63) is 23.7 Å². The number of nitrogens with zero attached hydrogens (tertiary/aromatic N) is 1. The summed E-state index contributed by atoms with van der Waals surface area (Å²) in [6.45, 7) is 5.37. The van der Waals surface area contributed by atoms with Crippen LogP contribution >= 0.6 is 0 Å². The van der Waals surface area contributed by atoms with Crippen molar-refractivity contribution in [2.24, 2.45) is 0 Å². The smallest absolute Gasteiger partial charge is 0.242 e. The van der Waals surface area contributed by atoms with E-state index >= 15 is 0 Å². The van der Waals surface area contributed by atoms with Gasteiger partial charge in [-0.2, -0.15) is 0 Å². The highest BCUT2D eigenvalue weighted by molar-refractivity contribution is 5.85. The molecule has 18 heavy (non-hydrogen) atoms. The summed E-state index contributed by atoms with van der Waals surface area (Å²) in [5, 5.41) is 3.35. The lowest BCUT2D eigenvalue weighted by atomic mass is 9.89. The second kappa shape index (κ2) is 5.14. The van der Waals surface area contributed by atoms with Crippen LogP contribution in [0.2, 0.25) is 0 Å². The molecule has 0 aromatic carbocycles. The zero-order valence-electron chi connectivity index (χ0n) is 11.5. The van der Waals surface area contributed by atoms with Crippen molar-refractivity contribution in [2.75, 3.05) is 13.6 Å².